The van der Waals surface area contributed by atoms with Crippen LogP contribution < -0.4 is 14.0 Å². The van der Waals surface area contributed by atoms with Gasteiger partial charge in [0.15, 0.2) is 25.5 Å². The molecule has 0 radical (unpaired) electrons. The maximum atomic E-state index is 9.87. The Morgan fingerprint density at radius 2 is 1.07 bits per heavy atom. The van der Waals surface area contributed by atoms with E-state index in [9.17, 15) is 50.4 Å². The van der Waals surface area contributed by atoms with E-state index in [1.807, 2.05) is 0 Å². The summed E-state index contributed by atoms with van der Waals surface area (Å²) in [6.45, 7) is 5.73. The molecule has 3 aromatic rings. The van der Waals surface area contributed by atoms with Gasteiger partial charge in [-0.15, -0.1) is 0 Å². The van der Waals surface area contributed by atoms with Crippen molar-refractivity contribution in [2.45, 2.75) is 33.4 Å². The van der Waals surface area contributed by atoms with Crippen molar-refractivity contribution in [2.24, 2.45) is 0 Å². The molecule has 4 rings (SSSR count). The molecule has 3 heterocycles. The molecule has 0 N–H and O–H groups in total. The summed E-state index contributed by atoms with van der Waals surface area (Å²) in [7, 11) is -17.2. The molecular weight excluding hydrogens is 658 g/mol. The Labute approximate surface area is 245 Å². The number of hydrogen-bond acceptors (Lipinski definition) is 2. The number of aromatic nitrogens is 2. The topological polar surface area (TPSA) is 34.8 Å². The molecule has 0 aliphatic carbocycles. The van der Waals surface area contributed by atoms with Crippen LogP contribution in [-0.4, -0.2) is 14.1 Å². The van der Waals surface area contributed by atoms with Crippen LogP contribution in [0.4, 0.5) is 56.1 Å². The average molecular weight is 688 g/mol. The van der Waals surface area contributed by atoms with Crippen molar-refractivity contribution in [1.82, 2.24) is 0 Å². The van der Waals surface area contributed by atoms with Gasteiger partial charge in [-0.25, -0.2) is 0 Å². The molecule has 0 bridgehead atoms. The van der Waals surface area contributed by atoms with Gasteiger partial charge in [0, 0.05) is 51.0 Å². The van der Waals surface area contributed by atoms with Crippen molar-refractivity contribution in [2.75, 3.05) is 19.0 Å². The fraction of sp³-hybridized carbons (Fsp3) is 0.269. The molecule has 248 valence electrons. The fourth-order valence-corrected chi connectivity index (χ4v) is 3.60. The number of fused-ring (bicyclic) bond motifs is 3. The van der Waals surface area contributed by atoms with E-state index in [0.29, 0.717) is 0 Å². The number of pyridine rings is 2. The zero-order valence-electron chi connectivity index (χ0n) is 23.8. The van der Waals surface area contributed by atoms with Crippen LogP contribution in [0.15, 0.2) is 60.9 Å². The summed E-state index contributed by atoms with van der Waals surface area (Å²) in [4.78, 5) is 2.12. The minimum absolute atomic E-state index is 1.06. The number of rotatable bonds is 3. The van der Waals surface area contributed by atoms with Crippen LogP contribution >= 0.6 is 15.6 Å². The fourth-order valence-electron chi connectivity index (χ4n) is 3.60. The first-order valence-electron chi connectivity index (χ1n) is 12.3. The zero-order valence-corrected chi connectivity index (χ0v) is 25.6. The van der Waals surface area contributed by atoms with Crippen molar-refractivity contribution in [3.8, 4) is 17.5 Å². The number of benzene rings is 1. The van der Waals surface area contributed by atoms with E-state index >= 15 is 0 Å². The summed E-state index contributed by atoms with van der Waals surface area (Å²) in [5.41, 5.74) is 7.57. The molecule has 2 aromatic heterocycles. The molecule has 0 fully saturated rings. The number of hydrogen-bond donors (Lipinski definition) is 0. The first-order valence-corrected chi connectivity index (χ1v) is 16.4. The second-order valence-electron chi connectivity index (χ2n) is 9.63. The van der Waals surface area contributed by atoms with Crippen molar-refractivity contribution >= 4 is 33.5 Å². The van der Waals surface area contributed by atoms with Crippen LogP contribution in [0, 0.1) is 18.3 Å². The molecule has 0 spiro atoms. The van der Waals surface area contributed by atoms with Gasteiger partial charge in [0.2, 0.25) is 0 Å². The van der Waals surface area contributed by atoms with Crippen LogP contribution in [0.3, 0.4) is 0 Å². The molecule has 0 saturated carbocycles. The molecule has 0 unspecified atom stereocenters. The third kappa shape index (κ3) is 20.5. The van der Waals surface area contributed by atoms with Gasteiger partial charge >= 0.3 is 66.0 Å². The molecule has 1 aliphatic rings. The van der Waals surface area contributed by atoms with Gasteiger partial charge < -0.3 is 4.90 Å². The summed E-state index contributed by atoms with van der Waals surface area (Å²) < 4.78 is 123. The molecule has 0 saturated heterocycles. The zero-order chi connectivity index (χ0) is 34.3. The van der Waals surface area contributed by atoms with Crippen LogP contribution in [0.5, 0.6) is 0 Å². The van der Waals surface area contributed by atoms with E-state index in [1.165, 1.54) is 40.7 Å². The van der Waals surface area contributed by atoms with Crippen molar-refractivity contribution in [1.29, 1.82) is 5.26 Å². The van der Waals surface area contributed by atoms with Gasteiger partial charge in [0.05, 0.1) is 12.5 Å². The molecular formula is C26H30F12N4P2. The Bertz CT molecular complexity index is 1460. The van der Waals surface area contributed by atoms with Crippen LogP contribution in [0.25, 0.3) is 23.5 Å². The molecule has 18 heteroatoms. The second-order valence-corrected chi connectivity index (χ2v) is 13.5. The Kier molecular flexibility index (Phi) is 10.7. The minimum atomic E-state index is -10.7. The van der Waals surface area contributed by atoms with Crippen molar-refractivity contribution in [3.63, 3.8) is 0 Å². The molecule has 4 nitrogen and oxygen atoms in total. The van der Waals surface area contributed by atoms with E-state index in [-0.39, 0.29) is 0 Å². The molecule has 1 aliphatic heterocycles. The number of aryl methyl sites for hydroxylation is 3. The van der Waals surface area contributed by atoms with E-state index in [2.05, 4.69) is 108 Å². The third-order valence-electron chi connectivity index (χ3n) is 5.19. The summed E-state index contributed by atoms with van der Waals surface area (Å²) >= 11 is 0. The van der Waals surface area contributed by atoms with Crippen LogP contribution in [0.2, 0.25) is 0 Å². The van der Waals surface area contributed by atoms with Gasteiger partial charge in [0.1, 0.15) is 0 Å². The van der Waals surface area contributed by atoms with Crippen molar-refractivity contribution < 1.29 is 59.5 Å². The molecule has 44 heavy (non-hydrogen) atoms. The van der Waals surface area contributed by atoms with E-state index < -0.39 is 15.6 Å². The first-order chi connectivity index (χ1) is 19.4. The Balaban J connectivity index is 0.000000470. The first kappa shape index (κ1) is 38.6. The van der Waals surface area contributed by atoms with Gasteiger partial charge in [-0.2, -0.15) is 14.4 Å². The average Bonchev–Trinajstić information content (AvgIpc) is 2.98. The van der Waals surface area contributed by atoms with Crippen LogP contribution in [-0.2, 0) is 13.1 Å². The van der Waals surface area contributed by atoms with Crippen LogP contribution in [0.1, 0.15) is 30.0 Å². The predicted molar refractivity (Wildman–Crippen MR) is 150 cm³/mol. The van der Waals surface area contributed by atoms with Gasteiger partial charge in [-0.3, -0.25) is 0 Å². The number of nitrogens with zero attached hydrogens (tertiary/aromatic N) is 4. The third-order valence-corrected chi connectivity index (χ3v) is 5.19. The number of halogens is 12. The van der Waals surface area contributed by atoms with Gasteiger partial charge in [0.25, 0.3) is 11.4 Å². The Morgan fingerprint density at radius 3 is 1.50 bits per heavy atom. The summed E-state index contributed by atoms with van der Waals surface area (Å²) in [6, 6.07) is 19.4. The SMILES string of the molecule is CC#N.Cc1cc[n+]2c(c1)-c1cc(/C=C/c3ccc(N(C)C)cc3)cc[n+]1CCC2.F[P-](F)(F)(F)(F)F.F[P-](F)(F)(F)(F)F. The summed E-state index contributed by atoms with van der Waals surface area (Å²) in [5, 5.41) is 7.32. The van der Waals surface area contributed by atoms with E-state index in [0.717, 1.165) is 19.5 Å². The van der Waals surface area contributed by atoms with Gasteiger partial charge in [-0.1, -0.05) is 24.3 Å². The standard InChI is InChI=1S/C24H27N3.C2H3N.2F6P/c1-19-11-15-26-13-4-14-27-16-12-21(18-24(27)23(26)17-19)6-5-20-7-9-22(10-8-20)25(2)3;1-2-3;2*1-7(2,3,4,5)6/h5-12,15-18H,4,13-14H2,1-3H3;1H3;;/q+2;;2*-1. The molecule has 0 atom stereocenters. The maximum absolute atomic E-state index is 10.7. The second kappa shape index (κ2) is 12.2. The normalized spacial score (nSPS) is 15.6. The van der Waals surface area contributed by atoms with Crippen molar-refractivity contribution in [3.05, 3.63) is 77.6 Å². The quantitative estimate of drug-likeness (QED) is 0.156. The Morgan fingerprint density at radius 1 is 0.682 bits per heavy atom. The monoisotopic (exact) mass is 688 g/mol. The number of anilines is 1. The van der Waals surface area contributed by atoms with Gasteiger partial charge in [-0.05, 0) is 35.7 Å². The number of nitriles is 1. The molecule has 0 amide bonds. The Hall–Kier alpha value is -3.43. The van der Waals surface area contributed by atoms with E-state index in [1.54, 1.807) is 6.07 Å². The predicted octanol–water partition coefficient (Wildman–Crippen LogP) is 11.2. The summed E-state index contributed by atoms with van der Waals surface area (Å²) in [5.74, 6) is 0. The van der Waals surface area contributed by atoms with E-state index in [4.69, 9.17) is 5.26 Å². The summed E-state index contributed by atoms with van der Waals surface area (Å²) in [6.07, 6.45) is 9.99. The molecule has 1 aromatic carbocycles.